The van der Waals surface area contributed by atoms with Gasteiger partial charge in [0.1, 0.15) is 0 Å². The average molecular weight is 291 g/mol. The van der Waals surface area contributed by atoms with Crippen LogP contribution in [0.3, 0.4) is 0 Å². The smallest absolute Gasteiger partial charge is 0.251 e. The van der Waals surface area contributed by atoms with E-state index in [4.69, 9.17) is 0 Å². The molecule has 2 atom stereocenters. The highest BCUT2D eigenvalue weighted by Crippen LogP contribution is 2.40. The fraction of sp³-hybridized carbons (Fsp3) is 0.400. The highest BCUT2D eigenvalue weighted by atomic mass is 32.2. The number of rotatable bonds is 2. The van der Waals surface area contributed by atoms with Gasteiger partial charge < -0.3 is 5.32 Å². The zero-order chi connectivity index (χ0) is 14.3. The van der Waals surface area contributed by atoms with Crippen LogP contribution in [0.25, 0.3) is 5.57 Å². The average Bonchev–Trinajstić information content (AvgIpc) is 2.66. The second-order valence-corrected chi connectivity index (χ2v) is 7.83. The third-order valence-electron chi connectivity index (χ3n) is 4.24. The lowest BCUT2D eigenvalue weighted by Crippen LogP contribution is -2.26. The predicted octanol–water partition coefficient (Wildman–Crippen LogP) is 1.78. The second-order valence-electron chi connectivity index (χ2n) is 5.38. The van der Waals surface area contributed by atoms with Crippen molar-refractivity contribution in [1.82, 2.24) is 5.32 Å². The number of hydrogen-bond acceptors (Lipinski definition) is 3. The van der Waals surface area contributed by atoms with Crippen LogP contribution in [0.5, 0.6) is 0 Å². The highest BCUT2D eigenvalue weighted by molar-refractivity contribution is 7.93. The van der Waals surface area contributed by atoms with Gasteiger partial charge in [-0.2, -0.15) is 0 Å². The summed E-state index contributed by atoms with van der Waals surface area (Å²) in [6.07, 6.45) is 4.00. The van der Waals surface area contributed by atoms with E-state index in [0.717, 1.165) is 24.0 Å². The first kappa shape index (κ1) is 13.4. The van der Waals surface area contributed by atoms with Crippen molar-refractivity contribution in [1.29, 1.82) is 0 Å². The standard InChI is InChI=1S/C15H17NO3S/c1-16-15(17)11-4-2-10(3-5-11)12-8-13-6-7-14(9-12)20(13,18)19/h2-5,8,13-14H,6-7,9H2,1H3,(H,16,17). The van der Waals surface area contributed by atoms with Gasteiger partial charge in [0.2, 0.25) is 0 Å². The molecule has 3 rings (SSSR count). The Kier molecular flexibility index (Phi) is 3.17. The van der Waals surface area contributed by atoms with Crippen molar-refractivity contribution in [2.24, 2.45) is 0 Å². The number of fused-ring (bicyclic) bond motifs is 2. The van der Waals surface area contributed by atoms with Crippen LogP contribution >= 0.6 is 0 Å². The lowest BCUT2D eigenvalue weighted by Gasteiger charge is -2.20. The van der Waals surface area contributed by atoms with Crippen LogP contribution < -0.4 is 5.32 Å². The Labute approximate surface area is 118 Å². The zero-order valence-electron chi connectivity index (χ0n) is 11.3. The van der Waals surface area contributed by atoms with Crippen LogP contribution in [0.15, 0.2) is 30.3 Å². The Balaban J connectivity index is 1.90. The molecule has 20 heavy (non-hydrogen) atoms. The summed E-state index contributed by atoms with van der Waals surface area (Å²) < 4.78 is 24.1. The molecule has 0 aromatic heterocycles. The summed E-state index contributed by atoms with van der Waals surface area (Å²) in [6, 6.07) is 7.35. The topological polar surface area (TPSA) is 63.2 Å². The van der Waals surface area contributed by atoms with Crippen molar-refractivity contribution in [3.63, 3.8) is 0 Å². The van der Waals surface area contributed by atoms with Crippen LogP contribution in [0.4, 0.5) is 0 Å². The molecule has 5 heteroatoms. The van der Waals surface area contributed by atoms with Gasteiger partial charge in [-0.25, -0.2) is 8.42 Å². The van der Waals surface area contributed by atoms with Gasteiger partial charge in [0, 0.05) is 12.6 Å². The monoisotopic (exact) mass is 291 g/mol. The van der Waals surface area contributed by atoms with Gasteiger partial charge in [0.05, 0.1) is 10.5 Å². The van der Waals surface area contributed by atoms with E-state index in [2.05, 4.69) is 5.32 Å². The van der Waals surface area contributed by atoms with Crippen molar-refractivity contribution in [3.8, 4) is 0 Å². The fourth-order valence-corrected chi connectivity index (χ4v) is 5.24. The number of hydrogen-bond donors (Lipinski definition) is 1. The third kappa shape index (κ3) is 2.06. The van der Waals surface area contributed by atoms with Crippen LogP contribution in [-0.4, -0.2) is 31.9 Å². The molecule has 1 saturated heterocycles. The Morgan fingerprint density at radius 2 is 1.90 bits per heavy atom. The lowest BCUT2D eigenvalue weighted by atomic mass is 9.99. The van der Waals surface area contributed by atoms with Gasteiger partial charge in [-0.3, -0.25) is 4.79 Å². The Morgan fingerprint density at radius 1 is 1.20 bits per heavy atom. The minimum atomic E-state index is -2.94. The molecular weight excluding hydrogens is 274 g/mol. The fourth-order valence-electron chi connectivity index (χ4n) is 3.05. The van der Waals surface area contributed by atoms with Gasteiger partial charge in [0.15, 0.2) is 9.84 Å². The van der Waals surface area contributed by atoms with Crippen molar-refractivity contribution in [3.05, 3.63) is 41.5 Å². The number of amides is 1. The summed E-state index contributed by atoms with van der Waals surface area (Å²) in [4.78, 5) is 11.5. The molecule has 106 valence electrons. The van der Waals surface area contributed by atoms with Crippen molar-refractivity contribution in [2.75, 3.05) is 7.05 Å². The maximum absolute atomic E-state index is 12.0. The number of allylic oxidation sites excluding steroid dienone is 1. The van der Waals surface area contributed by atoms with Crippen LogP contribution in [0, 0.1) is 0 Å². The SMILES string of the molecule is CNC(=O)c1ccc(C2=CC3CCC(C2)S3(=O)=O)cc1. The molecule has 2 bridgehead atoms. The summed E-state index contributed by atoms with van der Waals surface area (Å²) in [6.45, 7) is 0. The van der Waals surface area contributed by atoms with E-state index in [1.807, 2.05) is 18.2 Å². The Hall–Kier alpha value is -1.62. The maximum atomic E-state index is 12.0. The Morgan fingerprint density at radius 3 is 2.50 bits per heavy atom. The third-order valence-corrected chi connectivity index (χ3v) is 6.79. The molecule has 2 aliphatic rings. The first-order valence-electron chi connectivity index (χ1n) is 6.78. The molecule has 2 aliphatic heterocycles. The molecule has 1 aromatic rings. The molecule has 2 heterocycles. The highest BCUT2D eigenvalue weighted by Gasteiger charge is 2.43. The maximum Gasteiger partial charge on any atom is 0.251 e. The van der Waals surface area contributed by atoms with E-state index in [1.54, 1.807) is 19.2 Å². The number of nitrogens with one attached hydrogen (secondary N) is 1. The normalized spacial score (nSPS) is 26.9. The number of carbonyl (C=O) groups excluding carboxylic acids is 1. The summed E-state index contributed by atoms with van der Waals surface area (Å²) in [5, 5.41) is 2.06. The minimum Gasteiger partial charge on any atom is -0.355 e. The van der Waals surface area contributed by atoms with Gasteiger partial charge in [0.25, 0.3) is 5.91 Å². The summed E-state index contributed by atoms with van der Waals surface area (Å²) in [5.41, 5.74) is 2.73. The number of sulfone groups is 1. The Bertz CT molecular complexity index is 674. The molecule has 1 aromatic carbocycles. The molecule has 4 nitrogen and oxygen atoms in total. The van der Waals surface area contributed by atoms with Gasteiger partial charge >= 0.3 is 0 Å². The van der Waals surface area contributed by atoms with E-state index >= 15 is 0 Å². The van der Waals surface area contributed by atoms with Gasteiger partial charge in [-0.1, -0.05) is 18.2 Å². The van der Waals surface area contributed by atoms with E-state index in [0.29, 0.717) is 12.0 Å². The molecule has 0 spiro atoms. The van der Waals surface area contributed by atoms with Crippen LogP contribution in [0.2, 0.25) is 0 Å². The second kappa shape index (κ2) is 4.74. The molecule has 0 saturated carbocycles. The minimum absolute atomic E-state index is 0.114. The van der Waals surface area contributed by atoms with Crippen LogP contribution in [0.1, 0.15) is 35.2 Å². The summed E-state index contributed by atoms with van der Waals surface area (Å²) in [7, 11) is -1.34. The number of benzene rings is 1. The lowest BCUT2D eigenvalue weighted by molar-refractivity contribution is 0.0963. The summed E-state index contributed by atoms with van der Waals surface area (Å²) >= 11 is 0. The van der Waals surface area contributed by atoms with Gasteiger partial charge in [-0.05, 0) is 42.5 Å². The zero-order valence-corrected chi connectivity index (χ0v) is 12.1. The molecule has 1 amide bonds. The van der Waals surface area contributed by atoms with E-state index in [-0.39, 0.29) is 16.4 Å². The van der Waals surface area contributed by atoms with Gasteiger partial charge in [-0.15, -0.1) is 0 Å². The van der Waals surface area contributed by atoms with Crippen LogP contribution in [-0.2, 0) is 9.84 Å². The molecule has 0 aliphatic carbocycles. The quantitative estimate of drug-likeness (QED) is 0.903. The van der Waals surface area contributed by atoms with E-state index in [9.17, 15) is 13.2 Å². The first-order chi connectivity index (χ1) is 9.52. The molecule has 0 radical (unpaired) electrons. The molecular formula is C15H17NO3S. The summed E-state index contributed by atoms with van der Waals surface area (Å²) in [5.74, 6) is -0.114. The first-order valence-corrected chi connectivity index (χ1v) is 8.39. The molecule has 1 N–H and O–H groups in total. The number of carbonyl (C=O) groups is 1. The van der Waals surface area contributed by atoms with Crippen molar-refractivity contribution >= 4 is 21.3 Å². The molecule has 2 unspecified atom stereocenters. The van der Waals surface area contributed by atoms with E-state index in [1.165, 1.54) is 0 Å². The van der Waals surface area contributed by atoms with E-state index < -0.39 is 9.84 Å². The van der Waals surface area contributed by atoms with Crippen molar-refractivity contribution in [2.45, 2.75) is 29.8 Å². The van der Waals surface area contributed by atoms with Crippen molar-refractivity contribution < 1.29 is 13.2 Å². The predicted molar refractivity (Wildman–Crippen MR) is 78.2 cm³/mol. The molecule has 1 fully saturated rings. The largest absolute Gasteiger partial charge is 0.355 e.